The molecule has 4 heteroatoms. The maximum atomic E-state index is 2.52. The summed E-state index contributed by atoms with van der Waals surface area (Å²) in [7, 11) is -6.78. The van der Waals surface area contributed by atoms with Gasteiger partial charge in [-0.3, -0.25) is 0 Å². The summed E-state index contributed by atoms with van der Waals surface area (Å²) < 4.78 is 0. The van der Waals surface area contributed by atoms with Crippen molar-refractivity contribution in [3.63, 3.8) is 0 Å². The van der Waals surface area contributed by atoms with Crippen molar-refractivity contribution >= 4 is 63.4 Å². The van der Waals surface area contributed by atoms with Gasteiger partial charge in [-0.1, -0.05) is 171 Å². The molecule has 0 aromatic heterocycles. The van der Waals surface area contributed by atoms with Crippen LogP contribution in [0.25, 0.3) is 0 Å². The third-order valence-corrected chi connectivity index (χ3v) is 21.0. The molecule has 0 spiro atoms. The highest BCUT2D eigenvalue weighted by Crippen LogP contribution is 2.41. The zero-order valence-corrected chi connectivity index (χ0v) is 31.5. The molecule has 1 atom stereocenters. The van der Waals surface area contributed by atoms with Crippen molar-refractivity contribution in [3.8, 4) is 0 Å². The van der Waals surface area contributed by atoms with Crippen molar-refractivity contribution in [2.24, 2.45) is 5.92 Å². The van der Waals surface area contributed by atoms with Crippen LogP contribution in [0.1, 0.15) is 27.7 Å². The number of allylic oxidation sites excluding steroid dienone is 4. The Hall–Kier alpha value is -1.99. The summed E-state index contributed by atoms with van der Waals surface area (Å²) in [5, 5.41) is 10.9. The lowest BCUT2D eigenvalue weighted by atomic mass is 10.1. The molecule has 4 rings (SSSR count). The Morgan fingerprint density at radius 3 is 0.850 bits per heavy atom. The maximum Gasteiger partial charge on any atom is 0.176 e. The Morgan fingerprint density at radius 1 is 0.400 bits per heavy atom. The highest BCUT2D eigenvalue weighted by molar-refractivity contribution is 7.16. The summed E-state index contributed by atoms with van der Waals surface area (Å²) in [6.07, 6.45) is 0. The van der Waals surface area contributed by atoms with Gasteiger partial charge in [-0.05, 0) is 47.8 Å². The van der Waals surface area contributed by atoms with Crippen LogP contribution in [-0.4, -0.2) is 32.3 Å². The standard InChI is InChI=1S/C36H52Si4/c1-26-27(2)29(4)36(28(26)3)40(33-20-14-30(15-21-33)37(5,6)7,34-22-16-31(17-23-34)38(8,9)10)35-24-18-32(19-25-35)39(11,12)13/h14-25,28H,1-13H3. The van der Waals surface area contributed by atoms with Crippen molar-refractivity contribution in [3.05, 3.63) is 94.7 Å². The summed E-state index contributed by atoms with van der Waals surface area (Å²) in [5.74, 6) is 0.441. The maximum absolute atomic E-state index is 2.56. The molecule has 40 heavy (non-hydrogen) atoms. The van der Waals surface area contributed by atoms with E-state index in [4.69, 9.17) is 0 Å². The smallest absolute Gasteiger partial charge is 0.0656 e. The van der Waals surface area contributed by atoms with Crippen LogP contribution in [0.2, 0.25) is 58.9 Å². The minimum atomic E-state index is -2.56. The molecule has 0 saturated carbocycles. The van der Waals surface area contributed by atoms with Crippen molar-refractivity contribution in [1.82, 2.24) is 0 Å². The Balaban J connectivity index is 2.13. The average molecular weight is 597 g/mol. The second-order valence-corrected chi connectivity index (χ2v) is 34.3. The van der Waals surface area contributed by atoms with Gasteiger partial charge in [-0.2, -0.15) is 0 Å². The first-order chi connectivity index (χ1) is 18.4. The van der Waals surface area contributed by atoms with E-state index in [9.17, 15) is 0 Å². The Labute approximate surface area is 249 Å². The molecular formula is C36H52Si4. The molecule has 0 amide bonds. The van der Waals surface area contributed by atoms with Gasteiger partial charge in [-0.15, -0.1) is 0 Å². The molecule has 1 aliphatic carbocycles. The van der Waals surface area contributed by atoms with E-state index in [1.807, 2.05) is 0 Å². The van der Waals surface area contributed by atoms with Gasteiger partial charge < -0.3 is 0 Å². The third-order valence-electron chi connectivity index (χ3n) is 9.60. The molecule has 3 aromatic carbocycles. The minimum absolute atomic E-state index is 0.441. The van der Waals surface area contributed by atoms with Crippen LogP contribution in [0.5, 0.6) is 0 Å². The fraction of sp³-hybridized carbons (Fsp3) is 0.389. The molecule has 0 radical (unpaired) electrons. The molecule has 0 saturated heterocycles. The van der Waals surface area contributed by atoms with Crippen LogP contribution in [0, 0.1) is 5.92 Å². The Kier molecular flexibility index (Phi) is 8.27. The van der Waals surface area contributed by atoms with Crippen LogP contribution in [0.4, 0.5) is 0 Å². The lowest BCUT2D eigenvalue weighted by Gasteiger charge is -2.39. The quantitative estimate of drug-likeness (QED) is 0.212. The minimum Gasteiger partial charge on any atom is -0.0656 e. The van der Waals surface area contributed by atoms with Crippen molar-refractivity contribution in [2.45, 2.75) is 86.6 Å². The molecule has 212 valence electrons. The third kappa shape index (κ3) is 5.45. The predicted octanol–water partition coefficient (Wildman–Crippen LogP) is 6.63. The highest BCUT2D eigenvalue weighted by Gasteiger charge is 2.48. The monoisotopic (exact) mass is 596 g/mol. The van der Waals surface area contributed by atoms with E-state index >= 15 is 0 Å². The number of rotatable bonds is 7. The van der Waals surface area contributed by atoms with Gasteiger partial charge in [0.15, 0.2) is 8.07 Å². The molecule has 3 aromatic rings. The van der Waals surface area contributed by atoms with Crippen LogP contribution in [-0.2, 0) is 0 Å². The SMILES string of the molecule is CC1=C(C)C(C)C([Si](c2ccc([Si](C)(C)C)cc2)(c2ccc([Si](C)(C)C)cc2)c2ccc([Si](C)(C)C)cc2)=C1C. The largest absolute Gasteiger partial charge is 0.176 e. The number of hydrogen-bond donors (Lipinski definition) is 0. The molecule has 0 heterocycles. The first-order valence-electron chi connectivity index (χ1n) is 15.1. The topological polar surface area (TPSA) is 0 Å². The number of benzene rings is 3. The van der Waals surface area contributed by atoms with Crippen LogP contribution >= 0.6 is 0 Å². The molecular weight excluding hydrogens is 545 g/mol. The van der Waals surface area contributed by atoms with Crippen molar-refractivity contribution in [1.29, 1.82) is 0 Å². The van der Waals surface area contributed by atoms with E-state index in [0.717, 1.165) is 0 Å². The summed E-state index contributed by atoms with van der Waals surface area (Å²) >= 11 is 0. The zero-order valence-electron chi connectivity index (χ0n) is 27.5. The summed E-state index contributed by atoms with van der Waals surface area (Å²) in [6, 6.07) is 30.0. The summed E-state index contributed by atoms with van der Waals surface area (Å²) in [4.78, 5) is 0. The molecule has 1 unspecified atom stereocenters. The van der Waals surface area contributed by atoms with Gasteiger partial charge in [0.05, 0.1) is 24.2 Å². The zero-order chi connectivity index (χ0) is 29.8. The lowest BCUT2D eigenvalue weighted by Crippen LogP contribution is -2.70. The fourth-order valence-corrected chi connectivity index (χ4v) is 15.6. The van der Waals surface area contributed by atoms with Gasteiger partial charge in [0, 0.05) is 0 Å². The highest BCUT2D eigenvalue weighted by atomic mass is 28.3. The molecule has 0 fully saturated rings. The van der Waals surface area contributed by atoms with E-state index in [-0.39, 0.29) is 0 Å². The van der Waals surface area contributed by atoms with Crippen molar-refractivity contribution in [2.75, 3.05) is 0 Å². The average Bonchev–Trinajstić information content (AvgIpc) is 3.07. The first kappa shape index (κ1) is 31.0. The number of hydrogen-bond acceptors (Lipinski definition) is 0. The van der Waals surface area contributed by atoms with Gasteiger partial charge in [0.1, 0.15) is 0 Å². The van der Waals surface area contributed by atoms with Crippen LogP contribution in [0.15, 0.2) is 94.7 Å². The first-order valence-corrected chi connectivity index (χ1v) is 27.6. The van der Waals surface area contributed by atoms with E-state index in [1.54, 1.807) is 10.8 Å². The molecule has 0 nitrogen and oxygen atoms in total. The van der Waals surface area contributed by atoms with E-state index in [0.29, 0.717) is 5.92 Å². The lowest BCUT2D eigenvalue weighted by molar-refractivity contribution is 0.851. The van der Waals surface area contributed by atoms with Gasteiger partial charge >= 0.3 is 0 Å². The fourth-order valence-electron chi connectivity index (χ4n) is 6.60. The Morgan fingerprint density at radius 2 is 0.650 bits per heavy atom. The molecule has 0 bridgehead atoms. The normalized spacial score (nSPS) is 17.2. The predicted molar refractivity (Wildman–Crippen MR) is 193 cm³/mol. The van der Waals surface area contributed by atoms with E-state index < -0.39 is 32.3 Å². The second-order valence-electron chi connectivity index (χ2n) is 15.3. The van der Waals surface area contributed by atoms with E-state index in [1.165, 1.54) is 42.3 Å². The summed E-state index contributed by atoms with van der Waals surface area (Å²) in [6.45, 7) is 31.7. The van der Waals surface area contributed by atoms with Gasteiger partial charge in [0.2, 0.25) is 0 Å². The van der Waals surface area contributed by atoms with Crippen molar-refractivity contribution < 1.29 is 0 Å². The molecule has 0 N–H and O–H groups in total. The van der Waals surface area contributed by atoms with Gasteiger partial charge in [0.25, 0.3) is 0 Å². The molecule has 0 aliphatic heterocycles. The van der Waals surface area contributed by atoms with Crippen LogP contribution in [0.3, 0.4) is 0 Å². The van der Waals surface area contributed by atoms with Crippen LogP contribution < -0.4 is 31.1 Å². The van der Waals surface area contributed by atoms with E-state index in [2.05, 4.69) is 159 Å². The van der Waals surface area contributed by atoms with Gasteiger partial charge in [-0.25, -0.2) is 0 Å². The Bertz CT molecular complexity index is 1290. The summed E-state index contributed by atoms with van der Waals surface area (Å²) in [5.41, 5.74) is 4.56. The molecule has 1 aliphatic rings. The second kappa shape index (κ2) is 10.7.